The molecule has 1 saturated heterocycles. The van der Waals surface area contributed by atoms with Crippen LogP contribution in [0.4, 0.5) is 0 Å². The molecule has 2 N–H and O–H groups in total. The van der Waals surface area contributed by atoms with Crippen LogP contribution in [0, 0.1) is 6.92 Å². The van der Waals surface area contributed by atoms with Crippen LogP contribution in [0.25, 0.3) is 0 Å². The molecule has 1 aromatic rings. The molecule has 1 aliphatic rings. The second-order valence-electron chi connectivity index (χ2n) is 3.69. The first-order valence-corrected chi connectivity index (χ1v) is 5.14. The van der Waals surface area contributed by atoms with E-state index in [0.717, 1.165) is 0 Å². The fraction of sp³-hybridized carbons (Fsp3) is 0.556. The van der Waals surface area contributed by atoms with E-state index in [1.165, 1.54) is 4.90 Å². The van der Waals surface area contributed by atoms with E-state index in [-0.39, 0.29) is 18.3 Å². The van der Waals surface area contributed by atoms with E-state index in [4.69, 9.17) is 9.63 Å². The average Bonchev–Trinajstić information content (AvgIpc) is 2.75. The zero-order valence-electron chi connectivity index (χ0n) is 9.21. The van der Waals surface area contributed by atoms with Crippen LogP contribution >= 0.6 is 0 Å². The number of nitrogens with one attached hydrogen (secondary N) is 1. The number of carbonyl (C=O) groups is 2. The van der Waals surface area contributed by atoms with Gasteiger partial charge in [-0.15, -0.1) is 0 Å². The van der Waals surface area contributed by atoms with E-state index in [2.05, 4.69) is 15.5 Å². The molecular formula is C9H12N4O4. The third kappa shape index (κ3) is 2.26. The Hall–Kier alpha value is -1.96. The van der Waals surface area contributed by atoms with Gasteiger partial charge in [0.25, 0.3) is 11.7 Å². The lowest BCUT2D eigenvalue weighted by molar-refractivity contribution is -0.142. The zero-order valence-corrected chi connectivity index (χ0v) is 9.21. The van der Waals surface area contributed by atoms with Gasteiger partial charge in [-0.1, -0.05) is 5.16 Å². The smallest absolute Gasteiger partial charge is 0.327 e. The molecule has 2 heterocycles. The maximum Gasteiger partial charge on any atom is 0.327 e. The molecule has 17 heavy (non-hydrogen) atoms. The minimum atomic E-state index is -1.05. The largest absolute Gasteiger partial charge is 0.480 e. The first-order chi connectivity index (χ1) is 8.09. The van der Waals surface area contributed by atoms with Gasteiger partial charge >= 0.3 is 5.97 Å². The molecule has 1 fully saturated rings. The summed E-state index contributed by atoms with van der Waals surface area (Å²) in [6, 6.07) is -0.893. The van der Waals surface area contributed by atoms with Gasteiger partial charge < -0.3 is 19.8 Å². The van der Waals surface area contributed by atoms with E-state index < -0.39 is 17.9 Å². The highest BCUT2D eigenvalue weighted by Gasteiger charge is 2.34. The molecule has 92 valence electrons. The third-order valence-electron chi connectivity index (χ3n) is 2.51. The first-order valence-electron chi connectivity index (χ1n) is 5.14. The van der Waals surface area contributed by atoms with Crippen molar-refractivity contribution in [2.45, 2.75) is 13.0 Å². The van der Waals surface area contributed by atoms with Crippen LogP contribution in [-0.4, -0.2) is 57.7 Å². The van der Waals surface area contributed by atoms with Crippen molar-refractivity contribution in [2.75, 3.05) is 19.6 Å². The summed E-state index contributed by atoms with van der Waals surface area (Å²) >= 11 is 0. The number of hydrogen-bond acceptors (Lipinski definition) is 6. The molecule has 0 spiro atoms. The number of rotatable bonds is 2. The number of aliphatic carboxylic acids is 1. The molecule has 8 nitrogen and oxygen atoms in total. The van der Waals surface area contributed by atoms with Gasteiger partial charge in [0, 0.05) is 26.6 Å². The molecule has 0 aromatic carbocycles. The lowest BCUT2D eigenvalue weighted by atomic mass is 10.2. The Kier molecular flexibility index (Phi) is 3.05. The number of aromatic nitrogens is 2. The van der Waals surface area contributed by atoms with Gasteiger partial charge in [-0.05, 0) is 0 Å². The molecule has 0 aliphatic carbocycles. The summed E-state index contributed by atoms with van der Waals surface area (Å²) in [5.74, 6) is -1.40. The zero-order chi connectivity index (χ0) is 12.4. The number of carbonyl (C=O) groups excluding carboxylic acids is 1. The molecule has 1 aromatic heterocycles. The van der Waals surface area contributed by atoms with Gasteiger partial charge in [-0.25, -0.2) is 4.79 Å². The van der Waals surface area contributed by atoms with Crippen molar-refractivity contribution < 1.29 is 19.2 Å². The van der Waals surface area contributed by atoms with E-state index >= 15 is 0 Å². The van der Waals surface area contributed by atoms with Gasteiger partial charge in [0.15, 0.2) is 0 Å². The molecule has 1 atom stereocenters. The van der Waals surface area contributed by atoms with Crippen molar-refractivity contribution in [2.24, 2.45) is 0 Å². The number of nitrogens with zero attached hydrogens (tertiary/aromatic N) is 3. The van der Waals surface area contributed by atoms with Crippen LogP contribution in [0.2, 0.25) is 0 Å². The molecule has 1 unspecified atom stereocenters. The SMILES string of the molecule is Cc1nc(C(=O)N2CCNCC2C(=O)O)no1. The summed E-state index contributed by atoms with van der Waals surface area (Å²) in [7, 11) is 0. The van der Waals surface area contributed by atoms with Crippen LogP contribution in [0.3, 0.4) is 0 Å². The van der Waals surface area contributed by atoms with Gasteiger partial charge in [-0.3, -0.25) is 4.79 Å². The first kappa shape index (κ1) is 11.5. The maximum absolute atomic E-state index is 12.0. The van der Waals surface area contributed by atoms with E-state index in [1.54, 1.807) is 6.92 Å². The number of carboxylic acid groups (broad SMARTS) is 1. The number of aryl methyl sites for hydroxylation is 1. The lowest BCUT2D eigenvalue weighted by Gasteiger charge is -2.32. The predicted octanol–water partition coefficient (Wildman–Crippen LogP) is -1.12. The Bertz CT molecular complexity index is 444. The Balaban J connectivity index is 2.19. The fourth-order valence-electron chi connectivity index (χ4n) is 1.68. The number of amides is 1. The minimum absolute atomic E-state index is 0.101. The van der Waals surface area contributed by atoms with E-state index in [9.17, 15) is 9.59 Å². The predicted molar refractivity (Wildman–Crippen MR) is 54.4 cm³/mol. The van der Waals surface area contributed by atoms with Gasteiger partial charge in [0.1, 0.15) is 6.04 Å². The minimum Gasteiger partial charge on any atom is -0.480 e. The summed E-state index contributed by atoms with van der Waals surface area (Å²) < 4.78 is 4.70. The van der Waals surface area contributed by atoms with Crippen LogP contribution in [0.1, 0.15) is 16.5 Å². The number of piperazine rings is 1. The molecule has 0 radical (unpaired) electrons. The van der Waals surface area contributed by atoms with Crippen LogP contribution < -0.4 is 5.32 Å². The molecule has 1 amide bonds. The highest BCUT2D eigenvalue weighted by Crippen LogP contribution is 2.08. The lowest BCUT2D eigenvalue weighted by Crippen LogP contribution is -2.57. The average molecular weight is 240 g/mol. The van der Waals surface area contributed by atoms with Gasteiger partial charge in [-0.2, -0.15) is 4.98 Å². The molecular weight excluding hydrogens is 228 g/mol. The van der Waals surface area contributed by atoms with Crippen LogP contribution in [0.5, 0.6) is 0 Å². The molecule has 2 rings (SSSR count). The van der Waals surface area contributed by atoms with Crippen molar-refractivity contribution >= 4 is 11.9 Å². The van der Waals surface area contributed by atoms with Crippen molar-refractivity contribution in [1.29, 1.82) is 0 Å². The van der Waals surface area contributed by atoms with Crippen molar-refractivity contribution in [3.05, 3.63) is 11.7 Å². The Labute approximate surface area is 96.6 Å². The van der Waals surface area contributed by atoms with Crippen molar-refractivity contribution in [3.8, 4) is 0 Å². The van der Waals surface area contributed by atoms with E-state index in [0.29, 0.717) is 13.1 Å². The maximum atomic E-state index is 12.0. The quantitative estimate of drug-likeness (QED) is 0.673. The van der Waals surface area contributed by atoms with Gasteiger partial charge in [0.05, 0.1) is 0 Å². The Morgan fingerprint density at radius 3 is 2.94 bits per heavy atom. The highest BCUT2D eigenvalue weighted by molar-refractivity contribution is 5.93. The van der Waals surface area contributed by atoms with E-state index in [1.807, 2.05) is 0 Å². The standard InChI is InChI=1S/C9H12N4O4/c1-5-11-7(12-17-5)8(14)13-3-2-10-4-6(13)9(15)16/h6,10H,2-4H2,1H3,(H,15,16). The second-order valence-corrected chi connectivity index (χ2v) is 3.69. The van der Waals surface area contributed by atoms with Crippen molar-refractivity contribution in [3.63, 3.8) is 0 Å². The molecule has 0 saturated carbocycles. The molecule has 1 aliphatic heterocycles. The van der Waals surface area contributed by atoms with Crippen molar-refractivity contribution in [1.82, 2.24) is 20.4 Å². The topological polar surface area (TPSA) is 109 Å². The number of carboxylic acids is 1. The van der Waals surface area contributed by atoms with Crippen LogP contribution in [0.15, 0.2) is 4.52 Å². The monoisotopic (exact) mass is 240 g/mol. The summed E-state index contributed by atoms with van der Waals surface area (Å²) in [5, 5.41) is 15.4. The fourth-order valence-corrected chi connectivity index (χ4v) is 1.68. The summed E-state index contributed by atoms with van der Waals surface area (Å²) in [6.07, 6.45) is 0. The molecule has 8 heteroatoms. The normalized spacial score (nSPS) is 20.3. The number of hydrogen-bond donors (Lipinski definition) is 2. The van der Waals surface area contributed by atoms with Gasteiger partial charge in [0.2, 0.25) is 5.89 Å². The molecule has 0 bridgehead atoms. The second kappa shape index (κ2) is 4.50. The highest BCUT2D eigenvalue weighted by atomic mass is 16.5. The van der Waals surface area contributed by atoms with Crippen LogP contribution in [-0.2, 0) is 4.79 Å². The Morgan fingerprint density at radius 2 is 2.35 bits per heavy atom. The summed E-state index contributed by atoms with van der Waals surface area (Å²) in [4.78, 5) is 28.0. The Morgan fingerprint density at radius 1 is 1.59 bits per heavy atom. The third-order valence-corrected chi connectivity index (χ3v) is 2.51. The summed E-state index contributed by atoms with van der Waals surface area (Å²) in [6.45, 7) is 2.64. The summed E-state index contributed by atoms with van der Waals surface area (Å²) in [5.41, 5.74) is 0.